The first-order chi connectivity index (χ1) is 11.5. The van der Waals surface area contributed by atoms with Gasteiger partial charge < -0.3 is 21.4 Å². The lowest BCUT2D eigenvalue weighted by Crippen LogP contribution is -2.12. The van der Waals surface area contributed by atoms with Crippen LogP contribution in [0.3, 0.4) is 0 Å². The molecule has 2 aromatic carbocycles. The number of hydrogen-bond acceptors (Lipinski definition) is 6. The molecule has 120 valence electrons. The molecule has 0 saturated carbocycles. The van der Waals surface area contributed by atoms with E-state index in [1.165, 1.54) is 0 Å². The molecule has 0 aliphatic carbocycles. The Balaban J connectivity index is 0.000000141. The largest absolute Gasteiger partial charge is 0.383 e. The average molecular weight is 338 g/mol. The normalized spacial score (nSPS) is 10.3. The summed E-state index contributed by atoms with van der Waals surface area (Å²) in [6.07, 6.45) is 0. The second-order valence-electron chi connectivity index (χ2n) is 4.95. The Morgan fingerprint density at radius 2 is 1.29 bits per heavy atom. The molecule has 0 atom stereocenters. The zero-order chi connectivity index (χ0) is 17.1. The molecule has 24 heavy (non-hydrogen) atoms. The number of aromatic nitrogens is 4. The van der Waals surface area contributed by atoms with Crippen LogP contribution >= 0.6 is 12.2 Å². The van der Waals surface area contributed by atoms with Crippen LogP contribution in [0.15, 0.2) is 53.3 Å². The van der Waals surface area contributed by atoms with E-state index in [-0.39, 0.29) is 5.82 Å². The predicted molar refractivity (Wildman–Crippen MR) is 98.1 cm³/mol. The number of para-hydroxylation sites is 2. The van der Waals surface area contributed by atoms with Gasteiger partial charge in [-0.15, -0.1) is 0 Å². The highest BCUT2D eigenvalue weighted by Crippen LogP contribution is 2.15. The number of nitrogens with one attached hydrogen (secondary N) is 2. The molecule has 8 heteroatoms. The second kappa shape index (κ2) is 6.47. The molecule has 0 saturated heterocycles. The Bertz CT molecular complexity index is 1040. The SMILES string of the molecule is Nc1nc(=O)[nH]c2ccccc12.Nc1nc(=S)[nH]c2ccccc12. The molecule has 0 aliphatic heterocycles. The minimum atomic E-state index is -0.411. The molecule has 4 aromatic rings. The molecule has 2 aromatic heterocycles. The lowest BCUT2D eigenvalue weighted by Gasteiger charge is -1.99. The number of H-pyrrole nitrogens is 2. The van der Waals surface area contributed by atoms with E-state index in [2.05, 4.69) is 19.9 Å². The Hall–Kier alpha value is -3.26. The van der Waals surface area contributed by atoms with Gasteiger partial charge in [-0.1, -0.05) is 24.3 Å². The monoisotopic (exact) mass is 338 g/mol. The lowest BCUT2D eigenvalue weighted by molar-refractivity contribution is 1.13. The first-order valence-corrected chi connectivity index (χ1v) is 7.44. The Kier molecular flexibility index (Phi) is 4.21. The summed E-state index contributed by atoms with van der Waals surface area (Å²) >= 11 is 4.88. The molecule has 2 heterocycles. The van der Waals surface area contributed by atoms with Crippen LogP contribution in [-0.2, 0) is 0 Å². The standard InChI is InChI=1S/C8H7N3O.C8H7N3S/c2*9-7-5-3-1-2-4-6(5)10-8(12)11-7/h2*1-4H,(H3,9,10,11,12). The van der Waals surface area contributed by atoms with Crippen molar-refractivity contribution in [2.45, 2.75) is 0 Å². The van der Waals surface area contributed by atoms with Gasteiger partial charge in [0.15, 0.2) is 4.77 Å². The van der Waals surface area contributed by atoms with Crippen molar-refractivity contribution in [1.82, 2.24) is 19.9 Å². The highest BCUT2D eigenvalue weighted by molar-refractivity contribution is 7.71. The Morgan fingerprint density at radius 3 is 1.92 bits per heavy atom. The number of fused-ring (bicyclic) bond motifs is 2. The Labute approximate surface area is 141 Å². The summed E-state index contributed by atoms with van der Waals surface area (Å²) < 4.78 is 0.422. The molecule has 0 spiro atoms. The summed E-state index contributed by atoms with van der Waals surface area (Å²) in [7, 11) is 0. The van der Waals surface area contributed by atoms with E-state index in [0.717, 1.165) is 21.8 Å². The van der Waals surface area contributed by atoms with Crippen LogP contribution in [0.2, 0.25) is 0 Å². The number of nitrogen functional groups attached to an aromatic ring is 2. The lowest BCUT2D eigenvalue weighted by atomic mass is 10.2. The number of nitrogens with zero attached hydrogens (tertiary/aromatic N) is 2. The van der Waals surface area contributed by atoms with Crippen molar-refractivity contribution in [2.24, 2.45) is 0 Å². The van der Waals surface area contributed by atoms with Crippen LogP contribution in [0, 0.1) is 4.77 Å². The van der Waals surface area contributed by atoms with Crippen molar-refractivity contribution in [3.05, 3.63) is 63.8 Å². The maximum absolute atomic E-state index is 10.9. The van der Waals surface area contributed by atoms with Crippen LogP contribution in [0.4, 0.5) is 11.6 Å². The summed E-state index contributed by atoms with van der Waals surface area (Å²) in [6.45, 7) is 0. The summed E-state index contributed by atoms with van der Waals surface area (Å²) in [5.41, 5.74) is 12.4. The van der Waals surface area contributed by atoms with Crippen LogP contribution < -0.4 is 17.2 Å². The van der Waals surface area contributed by atoms with E-state index >= 15 is 0 Å². The van der Waals surface area contributed by atoms with Gasteiger partial charge in [0.05, 0.1) is 11.0 Å². The van der Waals surface area contributed by atoms with Gasteiger partial charge >= 0.3 is 5.69 Å². The third-order valence-corrected chi connectivity index (χ3v) is 3.53. The van der Waals surface area contributed by atoms with Gasteiger partial charge in [-0.3, -0.25) is 0 Å². The molecule has 6 N–H and O–H groups in total. The molecule has 0 amide bonds. The molecule has 0 unspecified atom stereocenters. The Morgan fingerprint density at radius 1 is 0.792 bits per heavy atom. The van der Waals surface area contributed by atoms with Gasteiger partial charge in [0, 0.05) is 10.8 Å². The molecule has 0 radical (unpaired) electrons. The highest BCUT2D eigenvalue weighted by Gasteiger charge is 1.98. The number of aromatic amines is 2. The van der Waals surface area contributed by atoms with Gasteiger partial charge in [-0.2, -0.15) is 4.98 Å². The van der Waals surface area contributed by atoms with Crippen LogP contribution in [0.5, 0.6) is 0 Å². The van der Waals surface area contributed by atoms with Crippen molar-refractivity contribution in [3.8, 4) is 0 Å². The second-order valence-corrected chi connectivity index (χ2v) is 5.33. The summed E-state index contributed by atoms with van der Waals surface area (Å²) in [5.74, 6) is 0.753. The van der Waals surface area contributed by atoms with Crippen molar-refractivity contribution in [3.63, 3.8) is 0 Å². The number of nitrogens with two attached hydrogens (primary N) is 2. The molecule has 7 nitrogen and oxygen atoms in total. The van der Waals surface area contributed by atoms with Crippen LogP contribution in [0.25, 0.3) is 21.8 Å². The zero-order valence-electron chi connectivity index (χ0n) is 12.5. The van der Waals surface area contributed by atoms with Crippen molar-refractivity contribution in [2.75, 3.05) is 11.5 Å². The topological polar surface area (TPSA) is 126 Å². The smallest absolute Gasteiger partial charge is 0.347 e. The summed E-state index contributed by atoms with van der Waals surface area (Å²) in [6, 6.07) is 14.9. The maximum atomic E-state index is 10.9. The fourth-order valence-corrected chi connectivity index (χ4v) is 2.46. The first kappa shape index (κ1) is 15.6. The molecule has 0 fully saturated rings. The van der Waals surface area contributed by atoms with Crippen molar-refractivity contribution >= 4 is 45.7 Å². The van der Waals surface area contributed by atoms with E-state index in [4.69, 9.17) is 23.7 Å². The molecular weight excluding hydrogens is 324 g/mol. The quantitative estimate of drug-likeness (QED) is 0.365. The summed E-state index contributed by atoms with van der Waals surface area (Å²) in [4.78, 5) is 23.9. The van der Waals surface area contributed by atoms with Crippen LogP contribution in [0.1, 0.15) is 0 Å². The van der Waals surface area contributed by atoms with Gasteiger partial charge in [0.25, 0.3) is 0 Å². The van der Waals surface area contributed by atoms with Gasteiger partial charge in [0.1, 0.15) is 11.6 Å². The number of anilines is 2. The van der Waals surface area contributed by atoms with Crippen molar-refractivity contribution in [1.29, 1.82) is 0 Å². The average Bonchev–Trinajstić information content (AvgIpc) is 2.55. The third-order valence-electron chi connectivity index (χ3n) is 3.33. The third kappa shape index (κ3) is 3.23. The molecule has 0 bridgehead atoms. The van der Waals surface area contributed by atoms with E-state index in [1.807, 2.05) is 42.5 Å². The molecule has 0 aliphatic rings. The van der Waals surface area contributed by atoms with Gasteiger partial charge in [-0.25, -0.2) is 9.78 Å². The number of rotatable bonds is 0. The van der Waals surface area contributed by atoms with E-state index in [9.17, 15) is 4.79 Å². The fourth-order valence-electron chi connectivity index (χ4n) is 2.26. The van der Waals surface area contributed by atoms with Gasteiger partial charge in [0.2, 0.25) is 0 Å². The predicted octanol–water partition coefficient (Wildman–Crippen LogP) is 2.38. The van der Waals surface area contributed by atoms with Crippen molar-refractivity contribution < 1.29 is 0 Å². The van der Waals surface area contributed by atoms with E-state index in [1.54, 1.807) is 6.07 Å². The zero-order valence-corrected chi connectivity index (χ0v) is 13.3. The fraction of sp³-hybridized carbons (Fsp3) is 0. The number of hydrogen-bond donors (Lipinski definition) is 4. The molecular formula is C16H14N6OS. The number of benzene rings is 2. The maximum Gasteiger partial charge on any atom is 0.347 e. The first-order valence-electron chi connectivity index (χ1n) is 7.03. The minimum absolute atomic E-state index is 0.273. The van der Waals surface area contributed by atoms with Crippen LogP contribution in [-0.4, -0.2) is 19.9 Å². The minimum Gasteiger partial charge on any atom is -0.383 e. The van der Waals surface area contributed by atoms with Gasteiger partial charge in [-0.05, 0) is 36.5 Å². The summed E-state index contributed by atoms with van der Waals surface area (Å²) in [5, 5.41) is 1.68. The highest BCUT2D eigenvalue weighted by atomic mass is 32.1. The van der Waals surface area contributed by atoms with E-state index < -0.39 is 5.69 Å². The van der Waals surface area contributed by atoms with E-state index in [0.29, 0.717) is 10.6 Å². The molecule has 4 rings (SSSR count).